The number of para-hydroxylation sites is 2. The molecule has 0 N–H and O–H groups in total. The van der Waals surface area contributed by atoms with E-state index in [9.17, 15) is 4.79 Å². The van der Waals surface area contributed by atoms with E-state index in [-0.39, 0.29) is 5.56 Å². The molecule has 4 rings (SSSR count). The van der Waals surface area contributed by atoms with Gasteiger partial charge in [0.1, 0.15) is 12.2 Å². The van der Waals surface area contributed by atoms with E-state index in [2.05, 4.69) is 21.8 Å². The molecule has 138 valence electrons. The Morgan fingerprint density at radius 2 is 1.78 bits per heavy atom. The van der Waals surface area contributed by atoms with Crippen LogP contribution in [-0.2, 0) is 6.67 Å². The second-order valence-electron chi connectivity index (χ2n) is 6.42. The predicted molar refractivity (Wildman–Crippen MR) is 109 cm³/mol. The Balaban J connectivity index is 1.72. The van der Waals surface area contributed by atoms with Crippen molar-refractivity contribution in [3.8, 4) is 0 Å². The summed E-state index contributed by atoms with van der Waals surface area (Å²) < 4.78 is 3.46. The van der Waals surface area contributed by atoms with Gasteiger partial charge >= 0.3 is 0 Å². The zero-order valence-corrected chi connectivity index (χ0v) is 16.0. The summed E-state index contributed by atoms with van der Waals surface area (Å²) >= 11 is 1.73. The first-order valence-corrected chi connectivity index (χ1v) is 10.2. The molecule has 0 aliphatic heterocycles. The predicted octanol–water partition coefficient (Wildman–Crippen LogP) is 3.93. The third kappa shape index (κ3) is 3.60. The number of hydrogen-bond acceptors (Lipinski definition) is 5. The van der Waals surface area contributed by atoms with Crippen molar-refractivity contribution >= 4 is 33.7 Å². The van der Waals surface area contributed by atoms with Gasteiger partial charge in [0.15, 0.2) is 5.16 Å². The van der Waals surface area contributed by atoms with E-state index in [0.29, 0.717) is 17.6 Å². The molecule has 0 spiro atoms. The highest BCUT2D eigenvalue weighted by atomic mass is 32.2. The van der Waals surface area contributed by atoms with Crippen molar-refractivity contribution in [2.45, 2.75) is 38.0 Å². The molecule has 27 heavy (non-hydrogen) atoms. The number of unbranched alkanes of at least 4 members (excludes halogenated alkanes) is 2. The van der Waals surface area contributed by atoms with Crippen molar-refractivity contribution < 1.29 is 0 Å². The Bertz CT molecular complexity index is 1130. The first-order valence-electron chi connectivity index (χ1n) is 9.18. The van der Waals surface area contributed by atoms with Crippen LogP contribution in [0.5, 0.6) is 0 Å². The van der Waals surface area contributed by atoms with Crippen LogP contribution in [0.1, 0.15) is 26.2 Å². The molecular weight excluding hydrogens is 358 g/mol. The average molecular weight is 379 g/mol. The minimum atomic E-state index is -0.139. The first kappa shape index (κ1) is 17.7. The largest absolute Gasteiger partial charge is 0.298 e. The second-order valence-corrected chi connectivity index (χ2v) is 7.48. The van der Waals surface area contributed by atoms with Crippen LogP contribution in [0.4, 0.5) is 0 Å². The maximum Gasteiger partial charge on any atom is 0.279 e. The lowest BCUT2D eigenvalue weighted by molar-refractivity contribution is 0.484. The number of rotatable bonds is 7. The maximum atomic E-state index is 12.8. The van der Waals surface area contributed by atoms with Crippen LogP contribution < -0.4 is 5.56 Å². The maximum absolute atomic E-state index is 12.8. The molecule has 0 fully saturated rings. The Morgan fingerprint density at radius 1 is 1.00 bits per heavy atom. The topological polar surface area (TPSA) is 65.6 Å². The number of nitrogens with zero attached hydrogens (tertiary/aromatic N) is 5. The highest BCUT2D eigenvalue weighted by Crippen LogP contribution is 2.25. The molecule has 0 radical (unpaired) electrons. The Hall–Kier alpha value is -2.67. The summed E-state index contributed by atoms with van der Waals surface area (Å²) in [6.45, 7) is 2.50. The smallest absolute Gasteiger partial charge is 0.279 e. The van der Waals surface area contributed by atoms with E-state index in [1.165, 1.54) is 17.5 Å². The molecule has 0 atom stereocenters. The normalized spacial score (nSPS) is 11.4. The summed E-state index contributed by atoms with van der Waals surface area (Å²) in [4.78, 5) is 17.6. The SMILES string of the molecule is CCCCCSc1nc2ccccc2n1Cn1nnc2ccccc2c1=O. The van der Waals surface area contributed by atoms with Gasteiger partial charge in [0.2, 0.25) is 0 Å². The van der Waals surface area contributed by atoms with Gasteiger partial charge in [-0.15, -0.1) is 5.10 Å². The quantitative estimate of drug-likeness (QED) is 0.360. The fourth-order valence-electron chi connectivity index (χ4n) is 3.07. The number of benzene rings is 2. The number of imidazole rings is 1. The molecule has 7 heteroatoms. The van der Waals surface area contributed by atoms with Gasteiger partial charge < -0.3 is 0 Å². The van der Waals surface area contributed by atoms with Gasteiger partial charge in [-0.25, -0.2) is 4.98 Å². The van der Waals surface area contributed by atoms with Crippen LogP contribution in [0.2, 0.25) is 0 Å². The summed E-state index contributed by atoms with van der Waals surface area (Å²) in [6.07, 6.45) is 3.56. The standard InChI is InChI=1S/C20H21N5OS/c1-2-3-8-13-27-20-21-17-11-6-7-12-18(17)24(20)14-25-19(26)15-9-4-5-10-16(15)22-23-25/h4-7,9-12H,2-3,8,13-14H2,1H3. The highest BCUT2D eigenvalue weighted by Gasteiger charge is 2.13. The fraction of sp³-hybridized carbons (Fsp3) is 0.300. The monoisotopic (exact) mass is 379 g/mol. The second kappa shape index (κ2) is 7.92. The molecule has 0 aliphatic rings. The number of hydrogen-bond donors (Lipinski definition) is 0. The van der Waals surface area contributed by atoms with Crippen LogP contribution in [0, 0.1) is 0 Å². The minimum Gasteiger partial charge on any atom is -0.298 e. The molecule has 0 unspecified atom stereocenters. The summed E-state index contributed by atoms with van der Waals surface area (Å²) in [5.41, 5.74) is 2.40. The fourth-order valence-corrected chi connectivity index (χ4v) is 4.07. The lowest BCUT2D eigenvalue weighted by Gasteiger charge is -2.10. The van der Waals surface area contributed by atoms with E-state index < -0.39 is 0 Å². The molecule has 2 heterocycles. The van der Waals surface area contributed by atoms with Gasteiger partial charge in [-0.05, 0) is 30.7 Å². The third-order valence-corrected chi connectivity index (χ3v) is 5.57. The summed E-state index contributed by atoms with van der Waals surface area (Å²) in [5.74, 6) is 1.01. The number of thioether (sulfide) groups is 1. The lowest BCUT2D eigenvalue weighted by atomic mass is 10.2. The van der Waals surface area contributed by atoms with Crippen molar-refractivity contribution in [1.82, 2.24) is 24.5 Å². The molecule has 6 nitrogen and oxygen atoms in total. The third-order valence-electron chi connectivity index (χ3n) is 4.50. The van der Waals surface area contributed by atoms with Crippen molar-refractivity contribution in [3.63, 3.8) is 0 Å². The van der Waals surface area contributed by atoms with Gasteiger partial charge in [0.05, 0.1) is 16.4 Å². The minimum absolute atomic E-state index is 0.139. The molecular formula is C20H21N5OS. The van der Waals surface area contributed by atoms with E-state index in [4.69, 9.17) is 4.98 Å². The van der Waals surface area contributed by atoms with Crippen molar-refractivity contribution in [3.05, 3.63) is 58.9 Å². The lowest BCUT2D eigenvalue weighted by Crippen LogP contribution is -2.27. The molecule has 0 bridgehead atoms. The summed E-state index contributed by atoms with van der Waals surface area (Å²) in [5, 5.41) is 9.82. The van der Waals surface area contributed by atoms with Crippen LogP contribution in [0.25, 0.3) is 21.9 Å². The number of fused-ring (bicyclic) bond motifs is 2. The van der Waals surface area contributed by atoms with Gasteiger partial charge in [0.25, 0.3) is 5.56 Å². The van der Waals surface area contributed by atoms with Gasteiger partial charge in [-0.3, -0.25) is 9.36 Å². The van der Waals surface area contributed by atoms with Crippen molar-refractivity contribution in [2.24, 2.45) is 0 Å². The van der Waals surface area contributed by atoms with E-state index >= 15 is 0 Å². The molecule has 0 saturated carbocycles. The average Bonchev–Trinajstić information content (AvgIpc) is 3.05. The molecule has 0 saturated heterocycles. The Kier molecular flexibility index (Phi) is 5.20. The van der Waals surface area contributed by atoms with Crippen LogP contribution in [-0.4, -0.2) is 30.3 Å². The van der Waals surface area contributed by atoms with Gasteiger partial charge in [-0.2, -0.15) is 4.68 Å². The molecule has 0 aliphatic carbocycles. The van der Waals surface area contributed by atoms with Crippen LogP contribution >= 0.6 is 11.8 Å². The van der Waals surface area contributed by atoms with Crippen LogP contribution in [0.3, 0.4) is 0 Å². The van der Waals surface area contributed by atoms with Crippen molar-refractivity contribution in [2.75, 3.05) is 5.75 Å². The molecule has 2 aromatic carbocycles. The summed E-state index contributed by atoms with van der Waals surface area (Å²) in [6, 6.07) is 15.3. The molecule has 2 aromatic heterocycles. The van der Waals surface area contributed by atoms with Gasteiger partial charge in [-0.1, -0.05) is 61.0 Å². The summed E-state index contributed by atoms with van der Waals surface area (Å²) in [7, 11) is 0. The number of aromatic nitrogens is 5. The van der Waals surface area contributed by atoms with E-state index in [1.54, 1.807) is 23.9 Å². The van der Waals surface area contributed by atoms with E-state index in [0.717, 1.165) is 28.4 Å². The van der Waals surface area contributed by atoms with Gasteiger partial charge in [0, 0.05) is 5.75 Å². The van der Waals surface area contributed by atoms with Crippen LogP contribution in [0.15, 0.2) is 58.5 Å². The van der Waals surface area contributed by atoms with Crippen molar-refractivity contribution in [1.29, 1.82) is 0 Å². The van der Waals surface area contributed by atoms with E-state index in [1.807, 2.05) is 36.4 Å². The first-order chi connectivity index (χ1) is 13.3. The Morgan fingerprint density at radius 3 is 2.63 bits per heavy atom. The molecule has 0 amide bonds. The molecule has 4 aromatic rings. The zero-order valence-electron chi connectivity index (χ0n) is 15.2. The Labute approximate surface area is 161 Å². The zero-order chi connectivity index (χ0) is 18.6. The highest BCUT2D eigenvalue weighted by molar-refractivity contribution is 7.99.